The fourth-order valence-electron chi connectivity index (χ4n) is 1.87. The van der Waals surface area contributed by atoms with E-state index < -0.39 is 30.8 Å². The first-order valence-electron chi connectivity index (χ1n) is 5.21. The minimum Gasteiger partial charge on any atom is -0.394 e. The molecule has 96 valence electrons. The van der Waals surface area contributed by atoms with Gasteiger partial charge in [0.05, 0.1) is 6.61 Å². The van der Waals surface area contributed by atoms with Crippen molar-refractivity contribution in [2.45, 2.75) is 30.8 Å². The zero-order valence-electron chi connectivity index (χ0n) is 9.05. The fourth-order valence-corrected chi connectivity index (χ4v) is 1.87. The first-order chi connectivity index (χ1) is 8.04. The summed E-state index contributed by atoms with van der Waals surface area (Å²) in [5.41, 5.74) is 11.2. The van der Waals surface area contributed by atoms with Crippen LogP contribution in [0.25, 0.3) is 0 Å². The molecule has 8 heteroatoms. The average Bonchev–Trinajstić information content (AvgIpc) is 2.57. The lowest BCUT2D eigenvalue weighted by Gasteiger charge is -2.33. The number of hydrogen-bond acceptors (Lipinski definition) is 8. The van der Waals surface area contributed by atoms with Crippen molar-refractivity contribution >= 4 is 5.84 Å². The highest BCUT2D eigenvalue weighted by atomic mass is 16.6. The van der Waals surface area contributed by atoms with Crippen LogP contribution in [0.3, 0.4) is 0 Å². The number of aliphatic imine (C=N–C) groups is 1. The molecule has 2 unspecified atom stereocenters. The van der Waals surface area contributed by atoms with Crippen LogP contribution in [0.2, 0.25) is 0 Å². The summed E-state index contributed by atoms with van der Waals surface area (Å²) in [6, 6.07) is 0. The summed E-state index contributed by atoms with van der Waals surface area (Å²) < 4.78 is 5.31. The van der Waals surface area contributed by atoms with Gasteiger partial charge in [0.15, 0.2) is 12.5 Å². The number of amidine groups is 1. The molecule has 7 N–H and O–H groups in total. The molecule has 5 atom stereocenters. The third-order valence-corrected chi connectivity index (χ3v) is 2.82. The minimum atomic E-state index is -1.17. The largest absolute Gasteiger partial charge is 0.394 e. The van der Waals surface area contributed by atoms with E-state index in [-0.39, 0.29) is 12.4 Å². The predicted molar refractivity (Wildman–Crippen MR) is 58.3 cm³/mol. The van der Waals surface area contributed by atoms with E-state index in [9.17, 15) is 10.2 Å². The van der Waals surface area contributed by atoms with Gasteiger partial charge >= 0.3 is 0 Å². The molecule has 0 aromatic carbocycles. The number of rotatable bonds is 2. The minimum absolute atomic E-state index is 0.278. The Morgan fingerprint density at radius 2 is 2.12 bits per heavy atom. The molecule has 0 aromatic heterocycles. The quantitative estimate of drug-likeness (QED) is 0.346. The van der Waals surface area contributed by atoms with E-state index in [1.54, 1.807) is 0 Å². The van der Waals surface area contributed by atoms with Crippen molar-refractivity contribution in [3.05, 3.63) is 12.3 Å². The molecule has 2 rings (SSSR count). The van der Waals surface area contributed by atoms with Crippen LogP contribution in [0.5, 0.6) is 0 Å². The van der Waals surface area contributed by atoms with Crippen molar-refractivity contribution < 1.29 is 20.1 Å². The zero-order valence-corrected chi connectivity index (χ0v) is 9.05. The molecule has 2 aliphatic rings. The number of nitrogens with two attached hydrogens (primary N) is 2. The molecule has 0 aliphatic carbocycles. The van der Waals surface area contributed by atoms with Crippen LogP contribution in [0.4, 0.5) is 0 Å². The molecule has 17 heavy (non-hydrogen) atoms. The Morgan fingerprint density at radius 1 is 1.41 bits per heavy atom. The maximum absolute atomic E-state index is 9.80. The van der Waals surface area contributed by atoms with E-state index in [0.29, 0.717) is 0 Å². The topological polar surface area (TPSA) is 138 Å². The number of nitrogens with zero attached hydrogens (tertiary/aromatic N) is 2. The van der Waals surface area contributed by atoms with Crippen LogP contribution in [-0.2, 0) is 4.74 Å². The summed E-state index contributed by atoms with van der Waals surface area (Å²) in [5, 5.41) is 28.4. The number of hydrogen-bond donors (Lipinski definition) is 5. The highest BCUT2D eigenvalue weighted by Crippen LogP contribution is 2.25. The highest BCUT2D eigenvalue weighted by molar-refractivity contribution is 5.91. The molecule has 0 radical (unpaired) electrons. The van der Waals surface area contributed by atoms with E-state index in [2.05, 4.69) is 4.99 Å². The second-order valence-corrected chi connectivity index (χ2v) is 3.96. The van der Waals surface area contributed by atoms with Gasteiger partial charge in [-0.05, 0) is 6.08 Å². The van der Waals surface area contributed by atoms with Gasteiger partial charge < -0.3 is 30.7 Å². The van der Waals surface area contributed by atoms with Crippen molar-refractivity contribution in [3.63, 3.8) is 0 Å². The van der Waals surface area contributed by atoms with Gasteiger partial charge in [-0.3, -0.25) is 5.73 Å². The molecular weight excluding hydrogens is 228 g/mol. The monoisotopic (exact) mass is 244 g/mol. The Hall–Kier alpha value is -1.19. The standard InChI is InChI=1S/C9H16N4O4/c10-5-1-2-13(9(11)12-5)8-7(16)6(15)4(3-14)17-8/h1-2,4,6-9,14-16H,3,11H2,(H2,10,12)/t4-,6-,7-,8?,9?/m1/s1. The van der Waals surface area contributed by atoms with Crippen LogP contribution in [-0.4, -0.2) is 63.5 Å². The number of ether oxygens (including phenoxy) is 1. The maximum Gasteiger partial charge on any atom is 0.177 e. The Bertz CT molecular complexity index is 348. The summed E-state index contributed by atoms with van der Waals surface area (Å²) in [4.78, 5) is 5.33. The lowest BCUT2D eigenvalue weighted by molar-refractivity contribution is -0.0916. The molecule has 0 saturated carbocycles. The molecule has 1 fully saturated rings. The van der Waals surface area contributed by atoms with Crippen LogP contribution < -0.4 is 11.5 Å². The molecule has 8 nitrogen and oxygen atoms in total. The first-order valence-corrected chi connectivity index (χ1v) is 5.21. The Balaban J connectivity index is 2.12. The second-order valence-electron chi connectivity index (χ2n) is 3.96. The molecule has 0 aromatic rings. The van der Waals surface area contributed by atoms with E-state index in [1.165, 1.54) is 17.2 Å². The summed E-state index contributed by atoms with van der Waals surface area (Å²) in [5.74, 6) is 0.278. The Kier molecular flexibility index (Phi) is 3.31. The molecule has 1 saturated heterocycles. The van der Waals surface area contributed by atoms with Crippen molar-refractivity contribution in [2.75, 3.05) is 6.61 Å². The van der Waals surface area contributed by atoms with Crippen LogP contribution >= 0.6 is 0 Å². The molecule has 0 bridgehead atoms. The van der Waals surface area contributed by atoms with Crippen LogP contribution in [0.15, 0.2) is 17.3 Å². The molecule has 2 aliphatic heterocycles. The smallest absolute Gasteiger partial charge is 0.177 e. The fraction of sp³-hybridized carbons (Fsp3) is 0.667. The third-order valence-electron chi connectivity index (χ3n) is 2.82. The van der Waals surface area contributed by atoms with Crippen molar-refractivity contribution in [1.29, 1.82) is 0 Å². The van der Waals surface area contributed by atoms with Gasteiger partial charge in [0.2, 0.25) is 0 Å². The lowest BCUT2D eigenvalue weighted by atomic mass is 10.1. The van der Waals surface area contributed by atoms with Gasteiger partial charge in [0.25, 0.3) is 0 Å². The van der Waals surface area contributed by atoms with Crippen molar-refractivity contribution in [2.24, 2.45) is 16.5 Å². The van der Waals surface area contributed by atoms with Gasteiger partial charge in [-0.15, -0.1) is 0 Å². The Labute approximate surface area is 97.8 Å². The number of aliphatic hydroxyl groups excluding tert-OH is 3. The van der Waals surface area contributed by atoms with Crippen LogP contribution in [0.1, 0.15) is 0 Å². The summed E-state index contributed by atoms with van der Waals surface area (Å²) in [7, 11) is 0. The van der Waals surface area contributed by atoms with Gasteiger partial charge in [-0.1, -0.05) is 0 Å². The van der Waals surface area contributed by atoms with Crippen molar-refractivity contribution in [3.8, 4) is 0 Å². The molecular formula is C9H16N4O4. The van der Waals surface area contributed by atoms with Crippen molar-refractivity contribution in [1.82, 2.24) is 4.90 Å². The summed E-state index contributed by atoms with van der Waals surface area (Å²) >= 11 is 0. The summed E-state index contributed by atoms with van der Waals surface area (Å²) in [6.07, 6.45) is -1.76. The normalized spacial score (nSPS) is 41.8. The van der Waals surface area contributed by atoms with Gasteiger partial charge in [-0.2, -0.15) is 0 Å². The third kappa shape index (κ3) is 2.13. The van der Waals surface area contributed by atoms with Gasteiger partial charge in [0.1, 0.15) is 24.1 Å². The molecule has 0 amide bonds. The van der Waals surface area contributed by atoms with Gasteiger partial charge in [-0.25, -0.2) is 4.99 Å². The van der Waals surface area contributed by atoms with E-state index in [4.69, 9.17) is 21.3 Å². The maximum atomic E-state index is 9.80. The second kappa shape index (κ2) is 4.59. The van der Waals surface area contributed by atoms with Gasteiger partial charge in [0, 0.05) is 6.20 Å². The van der Waals surface area contributed by atoms with E-state index in [0.717, 1.165) is 0 Å². The summed E-state index contributed by atoms with van der Waals surface area (Å²) in [6.45, 7) is -0.382. The number of aliphatic hydroxyl groups is 3. The van der Waals surface area contributed by atoms with E-state index in [1.807, 2.05) is 0 Å². The van der Waals surface area contributed by atoms with E-state index >= 15 is 0 Å². The first kappa shape index (κ1) is 12.3. The average molecular weight is 244 g/mol. The molecule has 2 heterocycles. The van der Waals surface area contributed by atoms with Crippen LogP contribution in [0, 0.1) is 0 Å². The lowest BCUT2D eigenvalue weighted by Crippen LogP contribution is -2.51. The highest BCUT2D eigenvalue weighted by Gasteiger charge is 2.46. The Morgan fingerprint density at radius 3 is 2.65 bits per heavy atom. The molecule has 0 spiro atoms. The predicted octanol–water partition coefficient (Wildman–Crippen LogP) is -3.15. The SMILES string of the molecule is NC1=NC(N)N(C2O[C@H](CO)[C@@H](O)[C@H]2O)C=C1. The zero-order chi connectivity index (χ0) is 12.6.